The Kier molecular flexibility index (Phi) is 7.53. The van der Waals surface area contributed by atoms with Gasteiger partial charge in [-0.05, 0) is 31.7 Å². The molecular formula is C19H24ClFN4O3. The van der Waals surface area contributed by atoms with Crippen LogP contribution in [0, 0.1) is 17.1 Å². The van der Waals surface area contributed by atoms with Crippen LogP contribution in [-0.4, -0.2) is 34.5 Å². The third-order valence-corrected chi connectivity index (χ3v) is 4.60. The van der Waals surface area contributed by atoms with Gasteiger partial charge in [0.1, 0.15) is 28.5 Å². The van der Waals surface area contributed by atoms with Crippen molar-refractivity contribution in [1.29, 1.82) is 5.41 Å². The molecule has 0 aromatic heterocycles. The second-order valence-electron chi connectivity index (χ2n) is 6.89. The third-order valence-electron chi connectivity index (χ3n) is 4.50. The lowest BCUT2D eigenvalue weighted by Gasteiger charge is -2.32. The molecule has 28 heavy (non-hydrogen) atoms. The molecule has 1 unspecified atom stereocenters. The van der Waals surface area contributed by atoms with Crippen molar-refractivity contribution in [2.75, 3.05) is 6.54 Å². The highest BCUT2D eigenvalue weighted by Crippen LogP contribution is 2.28. The number of benzene rings is 1. The molecule has 1 saturated carbocycles. The first-order chi connectivity index (χ1) is 13.2. The molecule has 0 spiro atoms. The zero-order valence-electron chi connectivity index (χ0n) is 15.6. The fourth-order valence-corrected chi connectivity index (χ4v) is 2.84. The molecule has 7 nitrogen and oxygen atoms in total. The fourth-order valence-electron chi connectivity index (χ4n) is 2.72. The minimum absolute atomic E-state index is 0.00710. The van der Waals surface area contributed by atoms with Crippen LogP contribution in [-0.2, 0) is 16.1 Å². The van der Waals surface area contributed by atoms with E-state index in [0.717, 1.165) is 31.4 Å². The maximum atomic E-state index is 14.5. The van der Waals surface area contributed by atoms with Crippen molar-refractivity contribution in [2.45, 2.75) is 38.8 Å². The van der Waals surface area contributed by atoms with Crippen molar-refractivity contribution in [2.24, 2.45) is 17.4 Å². The first kappa shape index (κ1) is 21.8. The summed E-state index contributed by atoms with van der Waals surface area (Å²) in [6, 6.07) is 3.14. The number of amides is 1. The number of nitrogens with one attached hydrogen (secondary N) is 1. The predicted molar refractivity (Wildman–Crippen MR) is 104 cm³/mol. The molecule has 5 N–H and O–H groups in total. The molecule has 1 aliphatic rings. The van der Waals surface area contributed by atoms with Crippen LogP contribution < -0.4 is 16.2 Å². The summed E-state index contributed by atoms with van der Waals surface area (Å²) < 4.78 is 19.5. The van der Waals surface area contributed by atoms with Crippen LogP contribution in [0.4, 0.5) is 4.39 Å². The summed E-state index contributed by atoms with van der Waals surface area (Å²) >= 11 is 5.48. The number of nitrogens with zero attached hydrogens (tertiary/aromatic N) is 1. The molecule has 0 radical (unpaired) electrons. The average molecular weight is 411 g/mol. The number of carbonyl (C=O) groups excluding carboxylic acids is 2. The summed E-state index contributed by atoms with van der Waals surface area (Å²) in [6.45, 7) is 1.90. The van der Waals surface area contributed by atoms with Crippen molar-refractivity contribution >= 4 is 28.6 Å². The van der Waals surface area contributed by atoms with E-state index in [1.54, 1.807) is 0 Å². The minimum atomic E-state index is -0.825. The highest BCUT2D eigenvalue weighted by molar-refractivity contribution is 6.67. The van der Waals surface area contributed by atoms with Gasteiger partial charge in [0.05, 0.1) is 0 Å². The fraction of sp³-hybridized carbons (Fsp3) is 0.421. The van der Waals surface area contributed by atoms with E-state index in [4.69, 9.17) is 33.2 Å². The molecular weight excluding hydrogens is 387 g/mol. The Bertz CT molecular complexity index is 793. The molecule has 0 saturated heterocycles. The SMILES string of the molecule is CC(N)C(=O)Oc1ccc(CN(CC2CCC2)C(=O)/C(N)=C/C(=N)Cl)c(F)c1. The molecule has 1 aromatic rings. The Labute approximate surface area is 168 Å². The van der Waals surface area contributed by atoms with E-state index in [9.17, 15) is 14.0 Å². The monoisotopic (exact) mass is 410 g/mol. The normalized spacial score (nSPS) is 15.5. The first-order valence-corrected chi connectivity index (χ1v) is 9.31. The van der Waals surface area contributed by atoms with Gasteiger partial charge in [-0.25, -0.2) is 9.18 Å². The highest BCUT2D eigenvalue weighted by atomic mass is 35.5. The van der Waals surface area contributed by atoms with Gasteiger partial charge in [-0.3, -0.25) is 10.2 Å². The highest BCUT2D eigenvalue weighted by Gasteiger charge is 2.26. The van der Waals surface area contributed by atoms with Crippen LogP contribution in [0.2, 0.25) is 0 Å². The number of carbonyl (C=O) groups is 2. The molecule has 1 aliphatic carbocycles. The number of hydrogen-bond donors (Lipinski definition) is 3. The lowest BCUT2D eigenvalue weighted by Crippen LogP contribution is -2.39. The van der Waals surface area contributed by atoms with Crippen LogP contribution in [0.15, 0.2) is 30.0 Å². The van der Waals surface area contributed by atoms with Crippen molar-refractivity contribution in [3.63, 3.8) is 0 Å². The van der Waals surface area contributed by atoms with E-state index in [2.05, 4.69) is 0 Å². The number of nitrogens with two attached hydrogens (primary N) is 2. The molecule has 0 bridgehead atoms. The van der Waals surface area contributed by atoms with Gasteiger partial charge in [-0.15, -0.1) is 0 Å². The van der Waals surface area contributed by atoms with Crippen molar-refractivity contribution in [3.05, 3.63) is 41.4 Å². The van der Waals surface area contributed by atoms with Crippen LogP contribution in [0.5, 0.6) is 5.75 Å². The predicted octanol–water partition coefficient (Wildman–Crippen LogP) is 2.27. The van der Waals surface area contributed by atoms with E-state index in [0.29, 0.717) is 12.5 Å². The molecule has 0 aliphatic heterocycles. The number of halogens is 2. The second-order valence-corrected chi connectivity index (χ2v) is 7.30. The molecule has 1 aromatic carbocycles. The van der Waals surface area contributed by atoms with Crippen LogP contribution in [0.25, 0.3) is 0 Å². The molecule has 1 atom stereocenters. The maximum Gasteiger partial charge on any atom is 0.328 e. The van der Waals surface area contributed by atoms with Crippen molar-refractivity contribution in [3.8, 4) is 5.75 Å². The van der Waals surface area contributed by atoms with Gasteiger partial charge in [0, 0.05) is 30.8 Å². The standard InChI is InChI=1S/C19H24ClFN4O3/c1-11(22)19(27)28-14-6-5-13(15(21)7-14)10-25(9-12-3-2-4-12)18(26)16(23)8-17(20)24/h5-8,11-12,24H,2-4,9-10,22-23H2,1H3/b16-8-,24-17?. The molecule has 0 heterocycles. The molecule has 2 rings (SSSR count). The number of esters is 1. The van der Waals surface area contributed by atoms with E-state index < -0.39 is 23.7 Å². The lowest BCUT2D eigenvalue weighted by molar-refractivity contribution is -0.135. The van der Waals surface area contributed by atoms with Gasteiger partial charge >= 0.3 is 5.97 Å². The average Bonchev–Trinajstić information content (AvgIpc) is 2.57. The third kappa shape index (κ3) is 6.03. The minimum Gasteiger partial charge on any atom is -0.425 e. The molecule has 1 amide bonds. The topological polar surface area (TPSA) is 122 Å². The van der Waals surface area contributed by atoms with E-state index in [-0.39, 0.29) is 28.7 Å². The van der Waals surface area contributed by atoms with E-state index >= 15 is 0 Å². The van der Waals surface area contributed by atoms with E-state index in [1.807, 2.05) is 0 Å². The lowest BCUT2D eigenvalue weighted by atomic mass is 9.85. The molecule has 1 fully saturated rings. The smallest absolute Gasteiger partial charge is 0.328 e. The zero-order chi connectivity index (χ0) is 20.8. The Morgan fingerprint density at radius 2 is 2.14 bits per heavy atom. The van der Waals surface area contributed by atoms with Gasteiger partial charge in [-0.2, -0.15) is 0 Å². The van der Waals surface area contributed by atoms with E-state index in [1.165, 1.54) is 24.0 Å². The molecule has 9 heteroatoms. The number of allylic oxidation sites excluding steroid dienone is 1. The van der Waals surface area contributed by atoms with Gasteiger partial charge in [0.15, 0.2) is 0 Å². The van der Waals surface area contributed by atoms with Gasteiger partial charge in [0.2, 0.25) is 0 Å². The summed E-state index contributed by atoms with van der Waals surface area (Å²) in [5, 5.41) is 6.88. The molecule has 152 valence electrons. The zero-order valence-corrected chi connectivity index (χ0v) is 16.3. The van der Waals surface area contributed by atoms with Crippen molar-refractivity contribution < 1.29 is 18.7 Å². The largest absolute Gasteiger partial charge is 0.425 e. The summed E-state index contributed by atoms with van der Waals surface area (Å²) in [6.07, 6.45) is 4.14. The van der Waals surface area contributed by atoms with Gasteiger partial charge in [-0.1, -0.05) is 24.1 Å². The number of hydrogen-bond acceptors (Lipinski definition) is 6. The van der Waals surface area contributed by atoms with Crippen LogP contribution >= 0.6 is 11.6 Å². The van der Waals surface area contributed by atoms with Gasteiger partial charge in [0.25, 0.3) is 5.91 Å². The Balaban J connectivity index is 2.17. The van der Waals surface area contributed by atoms with Gasteiger partial charge < -0.3 is 21.1 Å². The maximum absolute atomic E-state index is 14.5. The Morgan fingerprint density at radius 1 is 1.46 bits per heavy atom. The van der Waals surface area contributed by atoms with Crippen molar-refractivity contribution in [1.82, 2.24) is 4.90 Å². The number of ether oxygens (including phenoxy) is 1. The Morgan fingerprint density at radius 3 is 2.64 bits per heavy atom. The first-order valence-electron chi connectivity index (χ1n) is 8.93. The Hall–Kier alpha value is -2.45. The summed E-state index contributed by atoms with van der Waals surface area (Å²) in [7, 11) is 0. The quantitative estimate of drug-likeness (QED) is 0.262. The summed E-state index contributed by atoms with van der Waals surface area (Å²) in [5.74, 6) is -1.43. The summed E-state index contributed by atoms with van der Waals surface area (Å²) in [5.41, 5.74) is 11.2. The second kappa shape index (κ2) is 9.66. The van der Waals surface area contributed by atoms with Crippen LogP contribution in [0.1, 0.15) is 31.7 Å². The number of rotatable bonds is 8. The summed E-state index contributed by atoms with van der Waals surface area (Å²) in [4.78, 5) is 25.6. The van der Waals surface area contributed by atoms with Crippen LogP contribution in [0.3, 0.4) is 0 Å².